The van der Waals surface area contributed by atoms with E-state index in [9.17, 15) is 35.9 Å². The van der Waals surface area contributed by atoms with E-state index in [-0.39, 0.29) is 37.4 Å². The van der Waals surface area contributed by atoms with Gasteiger partial charge in [0.25, 0.3) is 11.6 Å². The van der Waals surface area contributed by atoms with Crippen LogP contribution in [0.5, 0.6) is 0 Å². The number of carbonyl (C=O) groups excluding carboxylic acids is 2. The van der Waals surface area contributed by atoms with Crippen LogP contribution in [-0.2, 0) is 9.59 Å². The van der Waals surface area contributed by atoms with Gasteiger partial charge in [-0.15, -0.1) is 0 Å². The second kappa shape index (κ2) is 15.0. The Morgan fingerprint density at radius 1 is 0.619 bits per heavy atom. The van der Waals surface area contributed by atoms with Crippen molar-refractivity contribution in [2.45, 2.75) is 52.9 Å². The van der Waals surface area contributed by atoms with E-state index in [1.165, 1.54) is 13.8 Å². The Kier molecular flexibility index (Phi) is 12.1. The van der Waals surface area contributed by atoms with Gasteiger partial charge in [0.1, 0.15) is 0 Å². The third-order valence-electron chi connectivity index (χ3n) is 5.59. The van der Waals surface area contributed by atoms with Gasteiger partial charge in [-0.25, -0.2) is 0 Å². The zero-order chi connectivity index (χ0) is 31.5. The third-order valence-corrected chi connectivity index (χ3v) is 5.59. The molecule has 2 aromatic rings. The molecule has 8 nitrogen and oxygen atoms in total. The quantitative estimate of drug-likeness (QED) is 0.119. The monoisotopic (exact) mass is 596 g/mol. The maximum Gasteiger partial charge on any atom is 0.456 e. The lowest BCUT2D eigenvalue weighted by atomic mass is 10.1. The Morgan fingerprint density at radius 3 is 1.21 bits per heavy atom. The van der Waals surface area contributed by atoms with Crippen LogP contribution in [0.4, 0.5) is 37.7 Å². The molecular formula is C28H30F6N6O2. The fourth-order valence-corrected chi connectivity index (χ4v) is 3.22. The van der Waals surface area contributed by atoms with Gasteiger partial charge in [0.2, 0.25) is 0 Å². The zero-order valence-electron chi connectivity index (χ0n) is 23.3. The highest BCUT2D eigenvalue weighted by atomic mass is 19.4. The third kappa shape index (κ3) is 10.9. The SMILES string of the molecule is CC(=NCCCCN=C(C)/C(=N\Nc1ccc(C)cc1)C(=O)C(F)(F)F)/C(=N\Nc1ccc(C)cc1)C(=O)C(F)(F)F. The van der Waals surface area contributed by atoms with Gasteiger partial charge < -0.3 is 0 Å². The van der Waals surface area contributed by atoms with Crippen LogP contribution in [-0.4, -0.2) is 59.9 Å². The number of alkyl halides is 6. The molecule has 226 valence electrons. The Balaban J connectivity index is 2.06. The van der Waals surface area contributed by atoms with Crippen LogP contribution >= 0.6 is 0 Å². The fraction of sp³-hybridized carbons (Fsp3) is 0.357. The molecule has 0 saturated carbocycles. The van der Waals surface area contributed by atoms with E-state index >= 15 is 0 Å². The minimum absolute atomic E-state index is 0.00744. The number of hydrazone groups is 2. The summed E-state index contributed by atoms with van der Waals surface area (Å²) in [5.74, 6) is -4.33. The van der Waals surface area contributed by atoms with Gasteiger partial charge in [-0.1, -0.05) is 35.4 Å². The van der Waals surface area contributed by atoms with E-state index in [2.05, 4.69) is 31.0 Å². The van der Waals surface area contributed by atoms with Crippen LogP contribution < -0.4 is 10.9 Å². The number of rotatable bonds is 13. The number of benzene rings is 2. The van der Waals surface area contributed by atoms with Crippen LogP contribution in [0.3, 0.4) is 0 Å². The predicted octanol–water partition coefficient (Wildman–Crippen LogP) is 6.50. The molecule has 0 bridgehead atoms. The number of nitrogens with zero attached hydrogens (tertiary/aromatic N) is 4. The lowest BCUT2D eigenvalue weighted by Gasteiger charge is -2.10. The molecule has 0 fully saturated rings. The minimum atomic E-state index is -5.17. The normalized spacial score (nSPS) is 13.7. The molecular weight excluding hydrogens is 566 g/mol. The van der Waals surface area contributed by atoms with Crippen molar-refractivity contribution in [3.8, 4) is 0 Å². The number of hydrogen-bond acceptors (Lipinski definition) is 8. The molecule has 2 rings (SSSR count). The van der Waals surface area contributed by atoms with Crippen molar-refractivity contribution in [2.24, 2.45) is 20.2 Å². The Morgan fingerprint density at radius 2 is 0.929 bits per heavy atom. The summed E-state index contributed by atoms with van der Waals surface area (Å²) in [7, 11) is 0. The van der Waals surface area contributed by atoms with E-state index in [1.54, 1.807) is 48.5 Å². The molecule has 0 amide bonds. The van der Waals surface area contributed by atoms with Crippen molar-refractivity contribution in [2.75, 3.05) is 23.9 Å². The van der Waals surface area contributed by atoms with E-state index < -0.39 is 35.3 Å². The van der Waals surface area contributed by atoms with E-state index in [1.807, 2.05) is 13.8 Å². The summed E-state index contributed by atoms with van der Waals surface area (Å²) in [6.07, 6.45) is -9.79. The van der Waals surface area contributed by atoms with Gasteiger partial charge in [-0.05, 0) is 64.8 Å². The smallest absolute Gasteiger partial charge is 0.288 e. The fourth-order valence-electron chi connectivity index (χ4n) is 3.22. The van der Waals surface area contributed by atoms with Gasteiger partial charge >= 0.3 is 12.4 Å². The van der Waals surface area contributed by atoms with E-state index in [4.69, 9.17) is 0 Å². The van der Waals surface area contributed by atoms with Crippen LogP contribution in [0.2, 0.25) is 0 Å². The number of anilines is 2. The first kappa shape index (κ1) is 33.8. The molecule has 14 heteroatoms. The summed E-state index contributed by atoms with van der Waals surface area (Å²) in [5, 5.41) is 7.26. The molecule has 0 aliphatic rings. The molecule has 0 heterocycles. The van der Waals surface area contributed by atoms with Crippen molar-refractivity contribution in [1.82, 2.24) is 0 Å². The maximum absolute atomic E-state index is 13.1. The highest BCUT2D eigenvalue weighted by Crippen LogP contribution is 2.19. The van der Waals surface area contributed by atoms with Gasteiger partial charge in [-0.2, -0.15) is 36.5 Å². The first-order chi connectivity index (χ1) is 19.6. The number of carbonyl (C=O) groups is 2. The molecule has 0 saturated heterocycles. The Hall–Kier alpha value is -4.36. The minimum Gasteiger partial charge on any atom is -0.288 e. The second-order valence-corrected chi connectivity index (χ2v) is 9.17. The van der Waals surface area contributed by atoms with Crippen molar-refractivity contribution in [3.05, 3.63) is 59.7 Å². The molecule has 2 N–H and O–H groups in total. The summed E-state index contributed by atoms with van der Waals surface area (Å²) in [6, 6.07) is 13.2. The zero-order valence-corrected chi connectivity index (χ0v) is 23.3. The molecule has 0 spiro atoms. The average molecular weight is 597 g/mol. The predicted molar refractivity (Wildman–Crippen MR) is 152 cm³/mol. The first-order valence-electron chi connectivity index (χ1n) is 12.7. The molecule has 0 aliphatic carbocycles. The standard InChI is InChI=1S/C28H30F6N6O2/c1-17-7-11-21(12-8-17)37-39-23(25(41)27(29,30)31)19(3)35-15-5-6-16-36-20(4)24(26(42)28(32,33)34)40-38-22-13-9-18(2)10-14-22/h7-14,37-38H,5-6,15-16H2,1-4H3/b35-19?,36-20?,39-23+,40-24+. The summed E-state index contributed by atoms with van der Waals surface area (Å²) >= 11 is 0. The number of halogens is 6. The summed E-state index contributed by atoms with van der Waals surface area (Å²) < 4.78 is 78.8. The number of unbranched alkanes of at least 4 members (excludes halogenated alkanes) is 1. The molecule has 0 aliphatic heterocycles. The average Bonchev–Trinajstić information content (AvgIpc) is 2.91. The van der Waals surface area contributed by atoms with Crippen molar-refractivity contribution >= 4 is 45.8 Å². The summed E-state index contributed by atoms with van der Waals surface area (Å²) in [5.41, 5.74) is 5.14. The highest BCUT2D eigenvalue weighted by molar-refractivity contribution is 6.68. The van der Waals surface area contributed by atoms with Gasteiger partial charge in [0.15, 0.2) is 11.4 Å². The van der Waals surface area contributed by atoms with Gasteiger partial charge in [-0.3, -0.25) is 30.4 Å². The van der Waals surface area contributed by atoms with Gasteiger partial charge in [0.05, 0.1) is 22.8 Å². The molecule has 0 atom stereocenters. The molecule has 0 unspecified atom stereocenters. The topological polar surface area (TPSA) is 108 Å². The number of aliphatic imine (C=N–C) groups is 2. The Bertz CT molecular complexity index is 1250. The lowest BCUT2D eigenvalue weighted by molar-refractivity contribution is -0.162. The molecule has 42 heavy (non-hydrogen) atoms. The number of nitrogens with one attached hydrogen (secondary N) is 2. The molecule has 0 radical (unpaired) electrons. The molecule has 2 aromatic carbocycles. The summed E-state index contributed by atoms with van der Waals surface area (Å²) in [6.45, 7) is 6.07. The largest absolute Gasteiger partial charge is 0.456 e. The van der Waals surface area contributed by atoms with E-state index in [0.29, 0.717) is 11.4 Å². The molecule has 0 aromatic heterocycles. The van der Waals surface area contributed by atoms with Crippen molar-refractivity contribution in [1.29, 1.82) is 0 Å². The van der Waals surface area contributed by atoms with Crippen LogP contribution in [0.25, 0.3) is 0 Å². The Labute approximate surface area is 238 Å². The number of aryl methyl sites for hydroxylation is 2. The highest BCUT2D eigenvalue weighted by Gasteiger charge is 2.43. The lowest BCUT2D eigenvalue weighted by Crippen LogP contribution is -2.35. The van der Waals surface area contributed by atoms with E-state index in [0.717, 1.165) is 11.1 Å². The number of ketones is 2. The first-order valence-corrected chi connectivity index (χ1v) is 12.7. The maximum atomic E-state index is 13.1. The summed E-state index contributed by atoms with van der Waals surface area (Å²) in [4.78, 5) is 31.9. The van der Waals surface area contributed by atoms with Gasteiger partial charge in [0, 0.05) is 13.1 Å². The van der Waals surface area contributed by atoms with Crippen molar-refractivity contribution < 1.29 is 35.9 Å². The second-order valence-electron chi connectivity index (χ2n) is 9.17. The van der Waals surface area contributed by atoms with Crippen LogP contribution in [0.1, 0.15) is 37.8 Å². The van der Waals surface area contributed by atoms with Crippen molar-refractivity contribution in [3.63, 3.8) is 0 Å². The number of Topliss-reactive ketones (excluding diaryl/α,β-unsaturated/α-hetero) is 2. The number of hydrogen-bond donors (Lipinski definition) is 2. The van der Waals surface area contributed by atoms with Crippen LogP contribution in [0.15, 0.2) is 68.7 Å². The van der Waals surface area contributed by atoms with Crippen LogP contribution in [0, 0.1) is 13.8 Å².